The Labute approximate surface area is 167 Å². The minimum atomic E-state index is -3.53. The van der Waals surface area contributed by atoms with Gasteiger partial charge in [0.1, 0.15) is 0 Å². The SMILES string of the molecule is C[C@H]1CCC[C@H](C)N1S(=O)(=O)c1ccc(NC(=O)CNC[C@@H]2CCCO2)cc1. The predicted molar refractivity (Wildman–Crippen MR) is 109 cm³/mol. The molecule has 0 aromatic heterocycles. The third kappa shape index (κ3) is 5.11. The number of benzene rings is 1. The lowest BCUT2D eigenvalue weighted by Gasteiger charge is -2.37. The molecule has 0 spiro atoms. The zero-order valence-electron chi connectivity index (χ0n) is 16.7. The van der Waals surface area contributed by atoms with Crippen LogP contribution >= 0.6 is 0 Å². The van der Waals surface area contributed by atoms with Gasteiger partial charge in [-0.25, -0.2) is 8.42 Å². The van der Waals surface area contributed by atoms with Crippen molar-refractivity contribution < 1.29 is 17.9 Å². The summed E-state index contributed by atoms with van der Waals surface area (Å²) >= 11 is 0. The lowest BCUT2D eigenvalue weighted by atomic mass is 10.0. The first-order valence-corrected chi connectivity index (χ1v) is 11.6. The molecule has 2 N–H and O–H groups in total. The van der Waals surface area contributed by atoms with Gasteiger partial charge in [-0.1, -0.05) is 6.42 Å². The molecule has 2 fully saturated rings. The van der Waals surface area contributed by atoms with Gasteiger partial charge in [-0.3, -0.25) is 4.79 Å². The number of piperidine rings is 1. The number of rotatable bonds is 7. The normalized spacial score (nSPS) is 26.3. The summed E-state index contributed by atoms with van der Waals surface area (Å²) < 4.78 is 33.2. The average Bonchev–Trinajstić information content (AvgIpc) is 3.15. The maximum atomic E-state index is 13.0. The number of sulfonamides is 1. The molecule has 2 heterocycles. The van der Waals surface area contributed by atoms with Crippen LogP contribution in [-0.2, 0) is 19.6 Å². The molecule has 2 aliphatic rings. The first-order valence-electron chi connectivity index (χ1n) is 10.1. The smallest absolute Gasteiger partial charge is 0.243 e. The average molecular weight is 410 g/mol. The van der Waals surface area contributed by atoms with Gasteiger partial charge in [-0.05, 0) is 63.8 Å². The molecule has 0 saturated carbocycles. The second kappa shape index (κ2) is 9.35. The number of hydrogen-bond acceptors (Lipinski definition) is 5. The molecule has 1 amide bonds. The highest BCUT2D eigenvalue weighted by atomic mass is 32.2. The maximum absolute atomic E-state index is 13.0. The third-order valence-electron chi connectivity index (χ3n) is 5.51. The highest BCUT2D eigenvalue weighted by molar-refractivity contribution is 7.89. The number of anilines is 1. The van der Waals surface area contributed by atoms with Crippen LogP contribution in [0.1, 0.15) is 46.0 Å². The van der Waals surface area contributed by atoms with Gasteiger partial charge in [-0.15, -0.1) is 0 Å². The fourth-order valence-corrected chi connectivity index (χ4v) is 5.94. The van der Waals surface area contributed by atoms with E-state index in [0.29, 0.717) is 12.2 Å². The minimum Gasteiger partial charge on any atom is -0.377 e. The molecule has 28 heavy (non-hydrogen) atoms. The summed E-state index contributed by atoms with van der Waals surface area (Å²) in [4.78, 5) is 12.3. The molecule has 1 aromatic carbocycles. The van der Waals surface area contributed by atoms with Crippen molar-refractivity contribution in [1.29, 1.82) is 0 Å². The molecule has 7 nitrogen and oxygen atoms in total. The van der Waals surface area contributed by atoms with E-state index in [2.05, 4.69) is 10.6 Å². The Balaban J connectivity index is 1.55. The Kier molecular flexibility index (Phi) is 7.09. The summed E-state index contributed by atoms with van der Waals surface area (Å²) in [6.45, 7) is 5.58. The van der Waals surface area contributed by atoms with E-state index in [0.717, 1.165) is 38.7 Å². The Hall–Kier alpha value is -1.48. The number of hydrogen-bond donors (Lipinski definition) is 2. The zero-order chi connectivity index (χ0) is 20.1. The van der Waals surface area contributed by atoms with Crippen LogP contribution in [0.15, 0.2) is 29.2 Å². The number of carbonyl (C=O) groups is 1. The lowest BCUT2D eigenvalue weighted by Crippen LogP contribution is -2.47. The number of carbonyl (C=O) groups excluding carboxylic acids is 1. The van der Waals surface area contributed by atoms with Crippen LogP contribution in [0.25, 0.3) is 0 Å². The van der Waals surface area contributed by atoms with Gasteiger partial charge in [-0.2, -0.15) is 4.31 Å². The quantitative estimate of drug-likeness (QED) is 0.722. The molecule has 3 atom stereocenters. The zero-order valence-corrected chi connectivity index (χ0v) is 17.5. The van der Waals surface area contributed by atoms with Gasteiger partial charge in [0.05, 0.1) is 17.5 Å². The molecule has 0 unspecified atom stereocenters. The Morgan fingerprint density at radius 3 is 2.39 bits per heavy atom. The number of ether oxygens (including phenoxy) is 1. The van der Waals surface area contributed by atoms with E-state index in [4.69, 9.17) is 4.74 Å². The van der Waals surface area contributed by atoms with Crippen LogP contribution < -0.4 is 10.6 Å². The van der Waals surface area contributed by atoms with Crippen molar-refractivity contribution in [2.75, 3.05) is 25.0 Å². The van der Waals surface area contributed by atoms with Gasteiger partial charge in [0, 0.05) is 30.9 Å². The minimum absolute atomic E-state index is 0.00282. The van der Waals surface area contributed by atoms with Gasteiger partial charge in [0.15, 0.2) is 0 Å². The van der Waals surface area contributed by atoms with E-state index in [1.807, 2.05) is 13.8 Å². The molecular weight excluding hydrogens is 378 g/mol. The van der Waals surface area contributed by atoms with E-state index in [1.54, 1.807) is 28.6 Å². The first-order chi connectivity index (χ1) is 13.4. The summed E-state index contributed by atoms with van der Waals surface area (Å²) in [5, 5.41) is 5.89. The summed E-state index contributed by atoms with van der Waals surface area (Å²) in [7, 11) is -3.53. The molecule has 0 radical (unpaired) electrons. The van der Waals surface area contributed by atoms with Crippen molar-refractivity contribution >= 4 is 21.6 Å². The van der Waals surface area contributed by atoms with Crippen molar-refractivity contribution in [3.8, 4) is 0 Å². The molecule has 1 aromatic rings. The summed E-state index contributed by atoms with van der Waals surface area (Å²) in [5.41, 5.74) is 0.586. The molecule has 0 aliphatic carbocycles. The monoisotopic (exact) mass is 409 g/mol. The van der Waals surface area contributed by atoms with Crippen LogP contribution in [0, 0.1) is 0 Å². The Bertz CT molecular complexity index is 750. The summed E-state index contributed by atoms with van der Waals surface area (Å²) in [6, 6.07) is 6.43. The summed E-state index contributed by atoms with van der Waals surface area (Å²) in [5.74, 6) is -0.160. The van der Waals surface area contributed by atoms with Crippen LogP contribution in [0.2, 0.25) is 0 Å². The summed E-state index contributed by atoms with van der Waals surface area (Å²) in [6.07, 6.45) is 5.12. The largest absolute Gasteiger partial charge is 0.377 e. The van der Waals surface area contributed by atoms with Crippen molar-refractivity contribution in [2.45, 2.75) is 69.0 Å². The number of nitrogens with one attached hydrogen (secondary N) is 2. The van der Waals surface area contributed by atoms with Crippen LogP contribution in [0.5, 0.6) is 0 Å². The first kappa shape index (κ1) is 21.2. The van der Waals surface area contributed by atoms with E-state index in [9.17, 15) is 13.2 Å². The van der Waals surface area contributed by atoms with E-state index in [1.165, 1.54) is 0 Å². The van der Waals surface area contributed by atoms with Gasteiger partial charge >= 0.3 is 0 Å². The van der Waals surface area contributed by atoms with Crippen molar-refractivity contribution in [1.82, 2.24) is 9.62 Å². The predicted octanol–water partition coefficient (Wildman–Crippen LogP) is 2.35. The molecule has 2 aliphatic heterocycles. The Morgan fingerprint density at radius 2 is 1.79 bits per heavy atom. The molecule has 8 heteroatoms. The third-order valence-corrected chi connectivity index (χ3v) is 7.65. The van der Waals surface area contributed by atoms with E-state index in [-0.39, 0.29) is 35.5 Å². The standard InChI is InChI=1S/C20H31N3O4S/c1-15-5-3-6-16(2)23(15)28(25,26)19-10-8-17(9-11-19)22-20(24)14-21-13-18-7-4-12-27-18/h8-11,15-16,18,21H,3-7,12-14H2,1-2H3,(H,22,24)/t15-,16-,18-/m0/s1. The fourth-order valence-electron chi connectivity index (χ4n) is 4.06. The second-order valence-electron chi connectivity index (χ2n) is 7.80. The highest BCUT2D eigenvalue weighted by Crippen LogP contribution is 2.29. The van der Waals surface area contributed by atoms with E-state index < -0.39 is 10.0 Å². The van der Waals surface area contributed by atoms with Gasteiger partial charge < -0.3 is 15.4 Å². The molecule has 0 bridgehead atoms. The van der Waals surface area contributed by atoms with Crippen LogP contribution in [0.4, 0.5) is 5.69 Å². The van der Waals surface area contributed by atoms with Gasteiger partial charge in [0.2, 0.25) is 15.9 Å². The maximum Gasteiger partial charge on any atom is 0.243 e. The van der Waals surface area contributed by atoms with Crippen molar-refractivity contribution in [2.24, 2.45) is 0 Å². The van der Waals surface area contributed by atoms with Crippen LogP contribution in [-0.4, -0.2) is 56.5 Å². The lowest BCUT2D eigenvalue weighted by molar-refractivity contribution is -0.115. The molecule has 3 rings (SSSR count). The number of nitrogens with zero attached hydrogens (tertiary/aromatic N) is 1. The fraction of sp³-hybridized carbons (Fsp3) is 0.650. The topological polar surface area (TPSA) is 87.7 Å². The Morgan fingerprint density at radius 1 is 1.11 bits per heavy atom. The van der Waals surface area contributed by atoms with E-state index >= 15 is 0 Å². The molecule has 2 saturated heterocycles. The van der Waals surface area contributed by atoms with Crippen molar-refractivity contribution in [3.63, 3.8) is 0 Å². The van der Waals surface area contributed by atoms with Crippen LogP contribution in [0.3, 0.4) is 0 Å². The highest BCUT2D eigenvalue weighted by Gasteiger charge is 2.35. The molecular formula is C20H31N3O4S. The van der Waals surface area contributed by atoms with Crippen molar-refractivity contribution in [3.05, 3.63) is 24.3 Å². The number of amides is 1. The second-order valence-corrected chi connectivity index (χ2v) is 9.65. The molecule has 156 valence electrons. The van der Waals surface area contributed by atoms with Gasteiger partial charge in [0.25, 0.3) is 0 Å².